The van der Waals surface area contributed by atoms with Crippen molar-refractivity contribution in [2.75, 3.05) is 38.0 Å². The largest absolute Gasteiger partial charge is 0.356 e. The van der Waals surface area contributed by atoms with Crippen LogP contribution < -0.4 is 5.32 Å². The molecular weight excluding hydrogens is 419 g/mol. The van der Waals surface area contributed by atoms with Gasteiger partial charge in [-0.15, -0.1) is 0 Å². The summed E-state index contributed by atoms with van der Waals surface area (Å²) in [6.07, 6.45) is 4.16. The van der Waals surface area contributed by atoms with Crippen molar-refractivity contribution in [1.29, 1.82) is 0 Å². The number of aryl methyl sites for hydroxylation is 1. The van der Waals surface area contributed by atoms with Gasteiger partial charge in [0, 0.05) is 42.7 Å². The number of likely N-dealkylation sites (tertiary alicyclic amines) is 2. The number of nitrogens with one attached hydrogen (secondary N) is 1. The normalized spacial score (nSPS) is 18.7. The maximum absolute atomic E-state index is 13.4. The zero-order valence-electron chi connectivity index (χ0n) is 19.1. The lowest BCUT2D eigenvalue weighted by atomic mass is 9.90. The van der Waals surface area contributed by atoms with Crippen LogP contribution in [0.5, 0.6) is 0 Å². The van der Waals surface area contributed by atoms with E-state index < -0.39 is 0 Å². The van der Waals surface area contributed by atoms with Crippen LogP contribution in [0, 0.1) is 18.7 Å². The molecule has 0 bridgehead atoms. The average molecular weight is 451 g/mol. The number of amides is 2. The average Bonchev–Trinajstić information content (AvgIpc) is 3.24. The van der Waals surface area contributed by atoms with E-state index in [1.54, 1.807) is 6.07 Å². The molecular formula is C26H31FN4O2. The van der Waals surface area contributed by atoms with E-state index in [9.17, 15) is 9.18 Å². The van der Waals surface area contributed by atoms with Crippen LogP contribution in [0.25, 0.3) is 11.0 Å². The van der Waals surface area contributed by atoms with Crippen molar-refractivity contribution in [1.82, 2.24) is 15.0 Å². The molecule has 0 spiro atoms. The first-order chi connectivity index (χ1) is 16.0. The molecule has 0 saturated carbocycles. The Morgan fingerprint density at radius 1 is 1.06 bits per heavy atom. The number of hydrogen-bond donors (Lipinski definition) is 1. The predicted molar refractivity (Wildman–Crippen MR) is 127 cm³/mol. The second-order valence-electron chi connectivity index (χ2n) is 9.51. The Balaban J connectivity index is 1.07. The number of urea groups is 1. The predicted octanol–water partition coefficient (Wildman–Crippen LogP) is 5.40. The van der Waals surface area contributed by atoms with Crippen molar-refractivity contribution in [2.24, 2.45) is 5.92 Å². The van der Waals surface area contributed by atoms with Crippen molar-refractivity contribution >= 4 is 22.7 Å². The van der Waals surface area contributed by atoms with Crippen molar-refractivity contribution in [3.05, 3.63) is 59.5 Å². The van der Waals surface area contributed by atoms with Crippen LogP contribution in [-0.2, 0) is 0 Å². The Hall–Kier alpha value is -2.93. The number of piperidine rings is 2. The molecule has 1 aromatic heterocycles. The zero-order chi connectivity index (χ0) is 22.8. The number of nitrogens with zero attached hydrogens (tertiary/aromatic N) is 3. The van der Waals surface area contributed by atoms with Gasteiger partial charge in [0.1, 0.15) is 5.82 Å². The number of halogens is 1. The Kier molecular flexibility index (Phi) is 6.31. The maximum atomic E-state index is 13.4. The molecule has 2 aromatic carbocycles. The van der Waals surface area contributed by atoms with Crippen molar-refractivity contribution in [2.45, 2.75) is 38.5 Å². The van der Waals surface area contributed by atoms with Crippen LogP contribution in [0.1, 0.15) is 42.9 Å². The second-order valence-corrected chi connectivity index (χ2v) is 9.51. The molecule has 2 aliphatic heterocycles. The molecule has 2 saturated heterocycles. The van der Waals surface area contributed by atoms with Gasteiger partial charge in [0.25, 0.3) is 0 Å². The standard InChI is InChI=1S/C26H31FN4O2/c1-18-2-5-22(6-3-18)28-26(32)31-14-8-19(9-15-31)17-30-12-10-20(11-13-30)25-23-7-4-21(27)16-24(23)33-29-25/h2-7,16,19-20H,8-15,17H2,1H3,(H,28,32). The quantitative estimate of drug-likeness (QED) is 0.578. The van der Waals surface area contributed by atoms with Crippen LogP contribution in [-0.4, -0.2) is 53.7 Å². The summed E-state index contributed by atoms with van der Waals surface area (Å²) in [5, 5.41) is 8.20. The molecule has 6 nitrogen and oxygen atoms in total. The van der Waals surface area contributed by atoms with E-state index in [0.717, 1.165) is 75.2 Å². The molecule has 174 valence electrons. The summed E-state index contributed by atoms with van der Waals surface area (Å²) in [4.78, 5) is 17.1. The summed E-state index contributed by atoms with van der Waals surface area (Å²) in [7, 11) is 0. The van der Waals surface area contributed by atoms with Gasteiger partial charge in [-0.3, -0.25) is 0 Å². The summed E-state index contributed by atoms with van der Waals surface area (Å²) >= 11 is 0. The fourth-order valence-electron chi connectivity index (χ4n) is 5.14. The molecule has 2 aliphatic rings. The summed E-state index contributed by atoms with van der Waals surface area (Å²) in [6.45, 7) is 6.81. The van der Waals surface area contributed by atoms with E-state index in [-0.39, 0.29) is 11.8 Å². The highest BCUT2D eigenvalue weighted by molar-refractivity contribution is 5.89. The summed E-state index contributed by atoms with van der Waals surface area (Å²) in [6, 6.07) is 12.6. The van der Waals surface area contributed by atoms with Crippen LogP contribution in [0.3, 0.4) is 0 Å². The van der Waals surface area contributed by atoms with Crippen molar-refractivity contribution in [3.8, 4) is 0 Å². The minimum absolute atomic E-state index is 0.00200. The number of aromatic nitrogens is 1. The van der Waals surface area contributed by atoms with Gasteiger partial charge in [0.2, 0.25) is 0 Å². The number of rotatable bonds is 4. The highest BCUT2D eigenvalue weighted by atomic mass is 19.1. The van der Waals surface area contributed by atoms with Gasteiger partial charge in [0.15, 0.2) is 5.58 Å². The van der Waals surface area contributed by atoms with Gasteiger partial charge in [-0.05, 0) is 75.9 Å². The minimum Gasteiger partial charge on any atom is -0.356 e. The first-order valence-corrected chi connectivity index (χ1v) is 11.9. The van der Waals surface area contributed by atoms with E-state index in [1.807, 2.05) is 36.1 Å². The lowest BCUT2D eigenvalue weighted by Crippen LogP contribution is -2.44. The molecule has 33 heavy (non-hydrogen) atoms. The van der Waals surface area contributed by atoms with Crippen molar-refractivity contribution < 1.29 is 13.7 Å². The summed E-state index contributed by atoms with van der Waals surface area (Å²) < 4.78 is 18.8. The number of benzene rings is 2. The third-order valence-electron chi connectivity index (χ3n) is 7.16. The molecule has 7 heteroatoms. The molecule has 0 radical (unpaired) electrons. The van der Waals surface area contributed by atoms with Crippen LogP contribution in [0.4, 0.5) is 14.9 Å². The zero-order valence-corrected chi connectivity index (χ0v) is 19.1. The summed E-state index contributed by atoms with van der Waals surface area (Å²) in [5.74, 6) is 0.694. The topological polar surface area (TPSA) is 61.6 Å². The molecule has 5 rings (SSSR count). The third-order valence-corrected chi connectivity index (χ3v) is 7.16. The highest BCUT2D eigenvalue weighted by Crippen LogP contribution is 2.33. The van der Waals surface area contributed by atoms with Crippen LogP contribution in [0.2, 0.25) is 0 Å². The Morgan fingerprint density at radius 3 is 2.52 bits per heavy atom. The molecule has 0 aliphatic carbocycles. The number of carbonyl (C=O) groups is 1. The number of anilines is 1. The fourth-order valence-corrected chi connectivity index (χ4v) is 5.14. The van der Waals surface area contributed by atoms with E-state index in [1.165, 1.54) is 17.7 Å². The number of carbonyl (C=O) groups excluding carboxylic acids is 1. The lowest BCUT2D eigenvalue weighted by Gasteiger charge is -2.37. The molecule has 0 unspecified atom stereocenters. The fraction of sp³-hybridized carbons (Fsp3) is 0.462. The lowest BCUT2D eigenvalue weighted by molar-refractivity contribution is 0.136. The smallest absolute Gasteiger partial charge is 0.321 e. The maximum Gasteiger partial charge on any atom is 0.321 e. The van der Waals surface area contributed by atoms with E-state index in [0.29, 0.717) is 17.4 Å². The molecule has 2 fully saturated rings. The van der Waals surface area contributed by atoms with Gasteiger partial charge in [-0.25, -0.2) is 9.18 Å². The highest BCUT2D eigenvalue weighted by Gasteiger charge is 2.28. The first-order valence-electron chi connectivity index (χ1n) is 11.9. The summed E-state index contributed by atoms with van der Waals surface area (Å²) in [5.41, 5.74) is 3.53. The molecule has 0 atom stereocenters. The second kappa shape index (κ2) is 9.51. The first kappa shape index (κ1) is 21.9. The number of fused-ring (bicyclic) bond motifs is 1. The molecule has 2 amide bonds. The van der Waals surface area contributed by atoms with Gasteiger partial charge in [0.05, 0.1) is 5.69 Å². The molecule has 1 N–H and O–H groups in total. The van der Waals surface area contributed by atoms with E-state index in [2.05, 4.69) is 15.4 Å². The van der Waals surface area contributed by atoms with Crippen molar-refractivity contribution in [3.63, 3.8) is 0 Å². The van der Waals surface area contributed by atoms with Gasteiger partial charge in [-0.2, -0.15) is 0 Å². The molecule has 3 aromatic rings. The Bertz CT molecular complexity index is 1100. The minimum atomic E-state index is -0.293. The van der Waals surface area contributed by atoms with Crippen LogP contribution >= 0.6 is 0 Å². The third kappa shape index (κ3) is 5.03. The van der Waals surface area contributed by atoms with Gasteiger partial charge < -0.3 is 19.6 Å². The van der Waals surface area contributed by atoms with Gasteiger partial charge in [-0.1, -0.05) is 22.9 Å². The molecule has 3 heterocycles. The number of hydrogen-bond acceptors (Lipinski definition) is 4. The Labute approximate surface area is 193 Å². The monoisotopic (exact) mass is 450 g/mol. The van der Waals surface area contributed by atoms with E-state index in [4.69, 9.17) is 4.52 Å². The Morgan fingerprint density at radius 2 is 1.79 bits per heavy atom. The SMILES string of the molecule is Cc1ccc(NC(=O)N2CCC(CN3CCC(c4noc5cc(F)ccc45)CC3)CC2)cc1. The van der Waals surface area contributed by atoms with Crippen LogP contribution in [0.15, 0.2) is 47.0 Å². The van der Waals surface area contributed by atoms with Gasteiger partial charge >= 0.3 is 6.03 Å². The van der Waals surface area contributed by atoms with E-state index >= 15 is 0 Å².